The van der Waals surface area contributed by atoms with E-state index in [2.05, 4.69) is 4.72 Å². The van der Waals surface area contributed by atoms with Gasteiger partial charge in [-0.05, 0) is 32.4 Å². The SMILES string of the molecule is Cc1oc(C)c(S(=O)(=O)NCCCN(C)c2ccccc2)c1C(=O)O. The molecule has 0 amide bonds. The first-order chi connectivity index (χ1) is 11.7. The van der Waals surface area contributed by atoms with E-state index in [1.165, 1.54) is 13.8 Å². The smallest absolute Gasteiger partial charge is 0.340 e. The molecule has 0 aliphatic heterocycles. The summed E-state index contributed by atoms with van der Waals surface area (Å²) in [6.07, 6.45) is 0.572. The van der Waals surface area contributed by atoms with Gasteiger partial charge in [0.05, 0.1) is 0 Å². The van der Waals surface area contributed by atoms with E-state index in [0.717, 1.165) is 5.69 Å². The molecule has 0 radical (unpaired) electrons. The lowest BCUT2D eigenvalue weighted by molar-refractivity contribution is 0.0691. The van der Waals surface area contributed by atoms with Crippen molar-refractivity contribution in [1.82, 2.24) is 4.72 Å². The lowest BCUT2D eigenvalue weighted by Crippen LogP contribution is -2.29. The molecule has 0 fully saturated rings. The van der Waals surface area contributed by atoms with Gasteiger partial charge in [0.1, 0.15) is 22.0 Å². The summed E-state index contributed by atoms with van der Waals surface area (Å²) in [6, 6.07) is 9.75. The van der Waals surface area contributed by atoms with Crippen LogP contribution in [0.3, 0.4) is 0 Å². The Hall–Kier alpha value is -2.32. The molecule has 0 saturated carbocycles. The van der Waals surface area contributed by atoms with Crippen molar-refractivity contribution in [2.45, 2.75) is 25.2 Å². The maximum Gasteiger partial charge on any atom is 0.340 e. The van der Waals surface area contributed by atoms with Gasteiger partial charge in [0, 0.05) is 25.8 Å². The predicted octanol–water partition coefficient (Wildman–Crippen LogP) is 2.40. The van der Waals surface area contributed by atoms with Crippen LogP contribution in [0.25, 0.3) is 0 Å². The van der Waals surface area contributed by atoms with Crippen LogP contribution in [0.4, 0.5) is 5.69 Å². The van der Waals surface area contributed by atoms with E-state index < -0.39 is 16.0 Å². The zero-order valence-electron chi connectivity index (χ0n) is 14.4. The Labute approximate surface area is 147 Å². The molecule has 0 aliphatic rings. The van der Waals surface area contributed by atoms with Crippen molar-refractivity contribution in [3.63, 3.8) is 0 Å². The van der Waals surface area contributed by atoms with Crippen molar-refractivity contribution in [2.75, 3.05) is 25.0 Å². The van der Waals surface area contributed by atoms with Crippen molar-refractivity contribution in [2.24, 2.45) is 0 Å². The Morgan fingerprint density at radius 1 is 1.20 bits per heavy atom. The third kappa shape index (κ3) is 4.40. The van der Waals surface area contributed by atoms with E-state index in [-0.39, 0.29) is 28.5 Å². The number of benzene rings is 1. The van der Waals surface area contributed by atoms with Crippen LogP contribution in [0.2, 0.25) is 0 Å². The van der Waals surface area contributed by atoms with Gasteiger partial charge in [-0.3, -0.25) is 0 Å². The Kier molecular flexibility index (Phi) is 5.86. The van der Waals surface area contributed by atoms with Crippen molar-refractivity contribution < 1.29 is 22.7 Å². The Balaban J connectivity index is 2.00. The number of furan rings is 1. The van der Waals surface area contributed by atoms with Gasteiger partial charge >= 0.3 is 5.97 Å². The molecule has 2 aromatic rings. The van der Waals surface area contributed by atoms with Crippen LogP contribution in [0.1, 0.15) is 28.3 Å². The zero-order valence-corrected chi connectivity index (χ0v) is 15.3. The number of hydrogen-bond donors (Lipinski definition) is 2. The van der Waals surface area contributed by atoms with Crippen LogP contribution < -0.4 is 9.62 Å². The Bertz CT molecular complexity index is 843. The first kappa shape index (κ1) is 19.0. The van der Waals surface area contributed by atoms with E-state index in [1.807, 2.05) is 42.3 Å². The third-order valence-corrected chi connectivity index (χ3v) is 5.46. The molecule has 1 heterocycles. The molecule has 0 spiro atoms. The summed E-state index contributed by atoms with van der Waals surface area (Å²) in [5, 5.41) is 9.23. The number of aryl methyl sites for hydroxylation is 2. The molecule has 0 aliphatic carbocycles. The van der Waals surface area contributed by atoms with E-state index >= 15 is 0 Å². The van der Waals surface area contributed by atoms with Gasteiger partial charge in [-0.25, -0.2) is 17.9 Å². The summed E-state index contributed by atoms with van der Waals surface area (Å²) in [6.45, 7) is 3.73. The van der Waals surface area contributed by atoms with Crippen LogP contribution in [0.15, 0.2) is 39.6 Å². The fourth-order valence-corrected chi connectivity index (χ4v) is 4.12. The molecule has 2 N–H and O–H groups in total. The first-order valence-electron chi connectivity index (χ1n) is 7.83. The van der Waals surface area contributed by atoms with Crippen molar-refractivity contribution in [3.8, 4) is 0 Å². The third-order valence-electron chi connectivity index (χ3n) is 3.85. The number of carboxylic acids is 1. The second kappa shape index (κ2) is 7.71. The van der Waals surface area contributed by atoms with Gasteiger partial charge in [0.2, 0.25) is 10.0 Å². The highest BCUT2D eigenvalue weighted by molar-refractivity contribution is 7.89. The highest BCUT2D eigenvalue weighted by Gasteiger charge is 2.30. The molecule has 136 valence electrons. The number of rotatable bonds is 8. The fourth-order valence-electron chi connectivity index (χ4n) is 2.64. The minimum Gasteiger partial charge on any atom is -0.478 e. The van der Waals surface area contributed by atoms with Gasteiger partial charge < -0.3 is 14.4 Å². The number of sulfonamides is 1. The average molecular weight is 366 g/mol. The number of nitrogens with zero attached hydrogens (tertiary/aromatic N) is 1. The van der Waals surface area contributed by atoms with Crippen molar-refractivity contribution >= 4 is 21.7 Å². The summed E-state index contributed by atoms with van der Waals surface area (Å²) in [5.41, 5.74) is 0.728. The number of carboxylic acid groups (broad SMARTS) is 1. The summed E-state index contributed by atoms with van der Waals surface area (Å²) in [4.78, 5) is 13.0. The van der Waals surface area contributed by atoms with Crippen molar-refractivity contribution in [1.29, 1.82) is 0 Å². The maximum absolute atomic E-state index is 12.5. The van der Waals surface area contributed by atoms with Crippen LogP contribution in [0, 0.1) is 13.8 Å². The normalized spacial score (nSPS) is 11.5. The molecule has 25 heavy (non-hydrogen) atoms. The minimum absolute atomic E-state index is 0.0730. The topological polar surface area (TPSA) is 99.9 Å². The largest absolute Gasteiger partial charge is 0.478 e. The summed E-state index contributed by atoms with van der Waals surface area (Å²) in [7, 11) is -2.02. The molecule has 1 aromatic carbocycles. The second-order valence-electron chi connectivity index (χ2n) is 5.73. The molecular weight excluding hydrogens is 344 g/mol. The van der Waals surface area contributed by atoms with E-state index in [4.69, 9.17) is 4.42 Å². The van der Waals surface area contributed by atoms with Crippen LogP contribution in [-0.2, 0) is 10.0 Å². The van der Waals surface area contributed by atoms with Gasteiger partial charge in [-0.2, -0.15) is 0 Å². The number of anilines is 1. The van der Waals surface area contributed by atoms with Crippen LogP contribution >= 0.6 is 0 Å². The first-order valence-corrected chi connectivity index (χ1v) is 9.31. The van der Waals surface area contributed by atoms with Crippen LogP contribution in [0.5, 0.6) is 0 Å². The maximum atomic E-state index is 12.5. The fraction of sp³-hybridized carbons (Fsp3) is 0.353. The molecule has 0 saturated heterocycles. The lowest BCUT2D eigenvalue weighted by atomic mass is 10.2. The lowest BCUT2D eigenvalue weighted by Gasteiger charge is -2.19. The number of nitrogens with one attached hydrogen (secondary N) is 1. The van der Waals surface area contributed by atoms with E-state index in [9.17, 15) is 18.3 Å². The van der Waals surface area contributed by atoms with E-state index in [0.29, 0.717) is 13.0 Å². The summed E-state index contributed by atoms with van der Waals surface area (Å²) in [5.74, 6) is -1.17. The predicted molar refractivity (Wildman–Crippen MR) is 94.7 cm³/mol. The molecule has 0 unspecified atom stereocenters. The molecule has 0 bridgehead atoms. The number of para-hydroxylation sites is 1. The molecule has 2 rings (SSSR count). The molecule has 1 aromatic heterocycles. The highest BCUT2D eigenvalue weighted by Crippen LogP contribution is 2.26. The minimum atomic E-state index is -3.95. The number of hydrogen-bond acceptors (Lipinski definition) is 5. The zero-order chi connectivity index (χ0) is 18.6. The molecule has 7 nitrogen and oxygen atoms in total. The van der Waals surface area contributed by atoms with Gasteiger partial charge in [-0.15, -0.1) is 0 Å². The van der Waals surface area contributed by atoms with Crippen molar-refractivity contribution in [3.05, 3.63) is 47.4 Å². The second-order valence-corrected chi connectivity index (χ2v) is 7.44. The highest BCUT2D eigenvalue weighted by atomic mass is 32.2. The summed E-state index contributed by atoms with van der Waals surface area (Å²) < 4.78 is 32.6. The summed E-state index contributed by atoms with van der Waals surface area (Å²) >= 11 is 0. The monoisotopic (exact) mass is 366 g/mol. The van der Waals surface area contributed by atoms with Gasteiger partial charge in [-0.1, -0.05) is 18.2 Å². The molecule has 8 heteroatoms. The average Bonchev–Trinajstić information content (AvgIpc) is 2.87. The van der Waals surface area contributed by atoms with Gasteiger partial charge in [0.25, 0.3) is 0 Å². The Morgan fingerprint density at radius 2 is 1.84 bits per heavy atom. The van der Waals surface area contributed by atoms with E-state index in [1.54, 1.807) is 0 Å². The molecule has 0 atom stereocenters. The number of aromatic carboxylic acids is 1. The standard InChI is InChI=1S/C17H22N2O5S/c1-12-15(17(20)21)16(13(2)24-12)25(22,23)18-10-7-11-19(3)14-8-5-4-6-9-14/h4-6,8-9,18H,7,10-11H2,1-3H3,(H,20,21). The van der Waals surface area contributed by atoms with Gasteiger partial charge in [0.15, 0.2) is 0 Å². The number of carbonyl (C=O) groups is 1. The molecular formula is C17H22N2O5S. The van der Waals surface area contributed by atoms with Crippen LogP contribution in [-0.4, -0.2) is 39.6 Å². The Morgan fingerprint density at radius 3 is 2.44 bits per heavy atom. The quantitative estimate of drug-likeness (QED) is 0.696.